The molecule has 1 aliphatic rings. The van der Waals surface area contributed by atoms with Gasteiger partial charge in [-0.05, 0) is 32.6 Å². The average Bonchev–Trinajstić information content (AvgIpc) is 2.46. The first kappa shape index (κ1) is 18.9. The van der Waals surface area contributed by atoms with Crippen LogP contribution in [0.2, 0.25) is 0 Å². The van der Waals surface area contributed by atoms with Crippen LogP contribution in [0.25, 0.3) is 0 Å². The van der Waals surface area contributed by atoms with Gasteiger partial charge in [-0.2, -0.15) is 3.89 Å². The largest absolute Gasteiger partial charge is 0.433 e. The van der Waals surface area contributed by atoms with Crippen LogP contribution in [0.4, 0.5) is 0 Å². The lowest BCUT2D eigenvalue weighted by molar-refractivity contribution is -0.837. The molecule has 4 nitrogen and oxygen atoms in total. The van der Waals surface area contributed by atoms with Crippen LogP contribution < -0.4 is 0 Å². The molecule has 0 heterocycles. The Morgan fingerprint density at radius 2 is 1.52 bits per heavy atom. The zero-order valence-corrected chi connectivity index (χ0v) is 14.7. The van der Waals surface area contributed by atoms with Gasteiger partial charge in [-0.3, -0.25) is 0 Å². The van der Waals surface area contributed by atoms with Gasteiger partial charge in [-0.15, -0.1) is 8.42 Å². The van der Waals surface area contributed by atoms with Crippen LogP contribution in [0.1, 0.15) is 84.5 Å². The Balaban J connectivity index is 2.64. The van der Waals surface area contributed by atoms with E-state index in [9.17, 15) is 13.0 Å². The smallest absolute Gasteiger partial charge is 0.241 e. The molecule has 0 aliphatic heterocycles. The summed E-state index contributed by atoms with van der Waals surface area (Å²) in [4.78, 5) is 0. The predicted molar refractivity (Wildman–Crippen MR) is 87.5 cm³/mol. The standard InChI is InChI=1S/C16H33NO3S/c1-3-5-6-7-8-12-15-17(4-2,21(18,19)20)16-13-10-9-11-14-16/h16H,3-15H2,1-2H3/p+1. The van der Waals surface area contributed by atoms with E-state index in [4.69, 9.17) is 0 Å². The molecule has 0 radical (unpaired) electrons. The van der Waals surface area contributed by atoms with Crippen molar-refractivity contribution in [3.8, 4) is 0 Å². The topological polar surface area (TPSA) is 54.4 Å². The van der Waals surface area contributed by atoms with E-state index in [0.717, 1.165) is 38.5 Å². The zero-order chi connectivity index (χ0) is 15.8. The summed E-state index contributed by atoms with van der Waals surface area (Å²) < 4.78 is 33.9. The Labute approximate surface area is 131 Å². The van der Waals surface area contributed by atoms with Gasteiger partial charge in [0.25, 0.3) is 0 Å². The Bertz CT molecular complexity index is 377. The van der Waals surface area contributed by atoms with Gasteiger partial charge in [0.15, 0.2) is 0 Å². The molecule has 1 N–H and O–H groups in total. The molecule has 0 aromatic carbocycles. The first-order chi connectivity index (χ1) is 9.98. The fourth-order valence-electron chi connectivity index (χ4n) is 3.78. The van der Waals surface area contributed by atoms with Crippen molar-refractivity contribution >= 4 is 10.3 Å². The van der Waals surface area contributed by atoms with Crippen LogP contribution in [0.15, 0.2) is 0 Å². The van der Waals surface area contributed by atoms with Gasteiger partial charge >= 0.3 is 10.3 Å². The van der Waals surface area contributed by atoms with Gasteiger partial charge in [0.2, 0.25) is 0 Å². The highest BCUT2D eigenvalue weighted by Crippen LogP contribution is 2.32. The average molecular weight is 321 g/mol. The molecular formula is C16H34NO3S+. The summed E-state index contributed by atoms with van der Waals surface area (Å²) in [7, 11) is -4.04. The summed E-state index contributed by atoms with van der Waals surface area (Å²) in [5.41, 5.74) is 0. The summed E-state index contributed by atoms with van der Waals surface area (Å²) >= 11 is 0. The van der Waals surface area contributed by atoms with Gasteiger partial charge in [0.05, 0.1) is 13.1 Å². The van der Waals surface area contributed by atoms with Crippen LogP contribution in [0.5, 0.6) is 0 Å². The number of unbranched alkanes of at least 4 members (excludes halogenated alkanes) is 5. The highest BCUT2D eigenvalue weighted by molar-refractivity contribution is 7.80. The Hall–Kier alpha value is -0.130. The van der Waals surface area contributed by atoms with Crippen molar-refractivity contribution in [1.82, 2.24) is 0 Å². The molecule has 1 atom stereocenters. The quantitative estimate of drug-likeness (QED) is 0.370. The Morgan fingerprint density at radius 3 is 2.05 bits per heavy atom. The molecule has 1 fully saturated rings. The van der Waals surface area contributed by atoms with E-state index in [-0.39, 0.29) is 9.93 Å². The van der Waals surface area contributed by atoms with E-state index in [1.165, 1.54) is 32.1 Å². The van der Waals surface area contributed by atoms with Gasteiger partial charge < -0.3 is 0 Å². The van der Waals surface area contributed by atoms with Gasteiger partial charge in [0.1, 0.15) is 6.04 Å². The maximum atomic E-state index is 12.1. The highest BCUT2D eigenvalue weighted by atomic mass is 32.2. The molecule has 126 valence electrons. The van der Waals surface area contributed by atoms with Crippen molar-refractivity contribution in [2.45, 2.75) is 90.5 Å². The normalized spacial score (nSPS) is 20.3. The first-order valence-corrected chi connectivity index (χ1v) is 10.2. The molecule has 0 spiro atoms. The molecular weight excluding hydrogens is 286 g/mol. The fraction of sp³-hybridized carbons (Fsp3) is 1.00. The Kier molecular flexibility index (Phi) is 8.21. The molecule has 1 unspecified atom stereocenters. The Morgan fingerprint density at radius 1 is 0.952 bits per heavy atom. The van der Waals surface area contributed by atoms with Crippen LogP contribution >= 0.6 is 0 Å². The minimum absolute atomic E-state index is 0.0920. The molecule has 1 aliphatic carbocycles. The maximum absolute atomic E-state index is 12.1. The zero-order valence-electron chi connectivity index (χ0n) is 13.9. The van der Waals surface area contributed by atoms with Crippen molar-refractivity contribution in [3.63, 3.8) is 0 Å². The van der Waals surface area contributed by atoms with E-state index < -0.39 is 10.3 Å². The summed E-state index contributed by atoms with van der Waals surface area (Å²) in [6.07, 6.45) is 12.1. The minimum atomic E-state index is -4.04. The summed E-state index contributed by atoms with van der Waals surface area (Å²) in [6.45, 7) is 5.16. The van der Waals surface area contributed by atoms with Crippen LogP contribution in [-0.4, -0.2) is 36.0 Å². The van der Waals surface area contributed by atoms with Crippen molar-refractivity contribution < 1.29 is 16.9 Å². The van der Waals surface area contributed by atoms with E-state index in [1.54, 1.807) is 0 Å². The van der Waals surface area contributed by atoms with Crippen LogP contribution in [-0.2, 0) is 10.3 Å². The monoisotopic (exact) mass is 320 g/mol. The molecule has 1 rings (SSSR count). The number of hydrogen-bond acceptors (Lipinski definition) is 2. The van der Waals surface area contributed by atoms with Gasteiger partial charge in [0, 0.05) is 12.8 Å². The second-order valence-electron chi connectivity index (χ2n) is 6.50. The lowest BCUT2D eigenvalue weighted by Crippen LogP contribution is -2.59. The molecule has 0 amide bonds. The van der Waals surface area contributed by atoms with E-state index >= 15 is 0 Å². The number of nitrogens with zero attached hydrogens (tertiary/aromatic N) is 1. The van der Waals surface area contributed by atoms with E-state index in [0.29, 0.717) is 13.1 Å². The lowest BCUT2D eigenvalue weighted by Gasteiger charge is -2.41. The third-order valence-corrected chi connectivity index (χ3v) is 6.78. The number of quaternary nitrogens is 1. The molecule has 0 aromatic heterocycles. The predicted octanol–water partition coefficient (Wildman–Crippen LogP) is 4.32. The van der Waals surface area contributed by atoms with Crippen molar-refractivity contribution in [2.75, 3.05) is 13.1 Å². The number of rotatable bonds is 10. The second kappa shape index (κ2) is 9.11. The highest BCUT2D eigenvalue weighted by Gasteiger charge is 2.46. The van der Waals surface area contributed by atoms with Crippen molar-refractivity contribution in [3.05, 3.63) is 0 Å². The third-order valence-electron chi connectivity index (χ3n) is 5.13. The molecule has 5 heteroatoms. The summed E-state index contributed by atoms with van der Waals surface area (Å²) in [6, 6.07) is 0.0920. The SMILES string of the molecule is CCCCCCCC[N+](CC)(C1CCCCC1)S(=O)(=O)O. The lowest BCUT2D eigenvalue weighted by atomic mass is 9.94. The molecule has 0 aromatic rings. The molecule has 0 bridgehead atoms. The van der Waals surface area contributed by atoms with Gasteiger partial charge in [-0.1, -0.05) is 39.0 Å². The van der Waals surface area contributed by atoms with Gasteiger partial charge in [-0.25, -0.2) is 4.55 Å². The van der Waals surface area contributed by atoms with Crippen molar-refractivity contribution in [1.29, 1.82) is 0 Å². The maximum Gasteiger partial charge on any atom is 0.433 e. The fourth-order valence-corrected chi connectivity index (χ4v) is 5.05. The van der Waals surface area contributed by atoms with Crippen LogP contribution in [0.3, 0.4) is 0 Å². The third kappa shape index (κ3) is 5.22. The van der Waals surface area contributed by atoms with E-state index in [2.05, 4.69) is 6.92 Å². The molecule has 21 heavy (non-hydrogen) atoms. The van der Waals surface area contributed by atoms with E-state index in [1.807, 2.05) is 6.92 Å². The molecule has 0 saturated heterocycles. The minimum Gasteiger partial charge on any atom is -0.241 e. The summed E-state index contributed by atoms with van der Waals surface area (Å²) in [5, 5.41) is 0. The number of hydrogen-bond donors (Lipinski definition) is 1. The molecule has 1 saturated carbocycles. The second-order valence-corrected chi connectivity index (χ2v) is 8.12. The first-order valence-electron chi connectivity index (χ1n) is 8.82. The summed E-state index contributed by atoms with van der Waals surface area (Å²) in [5.74, 6) is 0. The van der Waals surface area contributed by atoms with Crippen LogP contribution in [0, 0.1) is 0 Å². The van der Waals surface area contributed by atoms with Crippen molar-refractivity contribution in [2.24, 2.45) is 0 Å².